The first-order chi connectivity index (χ1) is 8.43. The van der Waals surface area contributed by atoms with Gasteiger partial charge in [0.25, 0.3) is 5.95 Å². The first-order valence-corrected chi connectivity index (χ1v) is 6.73. The van der Waals surface area contributed by atoms with E-state index in [0.29, 0.717) is 5.92 Å². The monoisotopic (exact) mass is 236 g/mol. The Kier molecular flexibility index (Phi) is 3.27. The van der Waals surface area contributed by atoms with Gasteiger partial charge in [-0.05, 0) is 43.8 Å². The van der Waals surface area contributed by atoms with Crippen molar-refractivity contribution < 1.29 is 4.52 Å². The van der Waals surface area contributed by atoms with Crippen LogP contribution in [0.25, 0.3) is 0 Å². The zero-order chi connectivity index (χ0) is 11.5. The smallest absolute Gasteiger partial charge is 0.266 e. The molecule has 17 heavy (non-hydrogen) atoms. The number of rotatable bonds is 2. The van der Waals surface area contributed by atoms with E-state index in [1.165, 1.54) is 25.7 Å². The lowest BCUT2D eigenvalue weighted by molar-refractivity contribution is 0.321. The predicted molar refractivity (Wildman–Crippen MR) is 65.2 cm³/mol. The molecule has 2 aliphatic rings. The van der Waals surface area contributed by atoms with Crippen molar-refractivity contribution in [3.05, 3.63) is 5.89 Å². The van der Waals surface area contributed by atoms with Crippen LogP contribution in [0.15, 0.2) is 4.52 Å². The van der Waals surface area contributed by atoms with Crippen molar-refractivity contribution in [2.75, 3.05) is 31.1 Å². The molecule has 1 aromatic rings. The summed E-state index contributed by atoms with van der Waals surface area (Å²) in [6, 6.07) is 0. The van der Waals surface area contributed by atoms with Gasteiger partial charge in [0.05, 0.1) is 5.92 Å². The van der Waals surface area contributed by atoms with E-state index in [0.717, 1.165) is 44.4 Å². The second-order valence-corrected chi connectivity index (χ2v) is 5.02. The third kappa shape index (κ3) is 2.44. The average Bonchev–Trinajstić information content (AvgIpc) is 2.90. The summed E-state index contributed by atoms with van der Waals surface area (Å²) in [4.78, 5) is 6.81. The van der Waals surface area contributed by atoms with Gasteiger partial charge in [0.1, 0.15) is 0 Å². The summed E-state index contributed by atoms with van der Waals surface area (Å²) in [6.45, 7) is 4.23. The van der Waals surface area contributed by atoms with E-state index in [1.54, 1.807) is 0 Å². The highest BCUT2D eigenvalue weighted by molar-refractivity contribution is 5.28. The van der Waals surface area contributed by atoms with E-state index in [9.17, 15) is 0 Å². The minimum Gasteiger partial charge on any atom is -0.338 e. The summed E-state index contributed by atoms with van der Waals surface area (Å²) in [5, 5.41) is 7.51. The summed E-state index contributed by atoms with van der Waals surface area (Å²) >= 11 is 0. The molecule has 0 spiro atoms. The predicted octanol–water partition coefficient (Wildman–Crippen LogP) is 1.53. The number of nitrogens with zero attached hydrogens (tertiary/aromatic N) is 3. The summed E-state index contributed by atoms with van der Waals surface area (Å²) in [6.07, 6.45) is 6.18. The molecule has 1 aromatic heterocycles. The average molecular weight is 236 g/mol. The van der Waals surface area contributed by atoms with Crippen LogP contribution in [0.2, 0.25) is 0 Å². The highest BCUT2D eigenvalue weighted by atomic mass is 16.5. The van der Waals surface area contributed by atoms with Crippen molar-refractivity contribution in [1.29, 1.82) is 0 Å². The first kappa shape index (κ1) is 11.0. The third-order valence-electron chi connectivity index (χ3n) is 3.72. The van der Waals surface area contributed by atoms with Gasteiger partial charge >= 0.3 is 0 Å². The molecule has 0 bridgehead atoms. The lowest BCUT2D eigenvalue weighted by atomic mass is 10.00. The molecule has 3 rings (SSSR count). The highest BCUT2D eigenvalue weighted by Crippen LogP contribution is 2.24. The van der Waals surface area contributed by atoms with E-state index in [1.807, 2.05) is 0 Å². The molecule has 0 aliphatic carbocycles. The number of piperidine rings is 2. The maximum atomic E-state index is 5.41. The van der Waals surface area contributed by atoms with Crippen LogP contribution in [0.3, 0.4) is 0 Å². The fourth-order valence-electron chi connectivity index (χ4n) is 2.68. The van der Waals surface area contributed by atoms with Gasteiger partial charge in [0.2, 0.25) is 5.89 Å². The van der Waals surface area contributed by atoms with Crippen molar-refractivity contribution in [2.24, 2.45) is 0 Å². The molecule has 2 fully saturated rings. The summed E-state index contributed by atoms with van der Waals surface area (Å²) in [5.41, 5.74) is 0. The van der Waals surface area contributed by atoms with Crippen LogP contribution in [0.1, 0.15) is 43.9 Å². The van der Waals surface area contributed by atoms with Crippen molar-refractivity contribution >= 4 is 5.95 Å². The Morgan fingerprint density at radius 1 is 1.18 bits per heavy atom. The van der Waals surface area contributed by atoms with E-state index in [-0.39, 0.29) is 0 Å². The topological polar surface area (TPSA) is 54.2 Å². The van der Waals surface area contributed by atoms with Crippen molar-refractivity contribution in [3.8, 4) is 0 Å². The van der Waals surface area contributed by atoms with Crippen molar-refractivity contribution in [1.82, 2.24) is 15.5 Å². The van der Waals surface area contributed by atoms with Gasteiger partial charge in [0.15, 0.2) is 0 Å². The van der Waals surface area contributed by atoms with Crippen LogP contribution >= 0.6 is 0 Å². The van der Waals surface area contributed by atoms with Crippen LogP contribution in [0.4, 0.5) is 5.95 Å². The lowest BCUT2D eigenvalue weighted by Gasteiger charge is -2.24. The minimum absolute atomic E-state index is 0.412. The number of nitrogens with one attached hydrogen (secondary N) is 1. The molecule has 5 heteroatoms. The van der Waals surface area contributed by atoms with Gasteiger partial charge in [-0.15, -0.1) is 0 Å². The number of hydrogen-bond donors (Lipinski definition) is 1. The second-order valence-electron chi connectivity index (χ2n) is 5.02. The van der Waals surface area contributed by atoms with Gasteiger partial charge in [-0.3, -0.25) is 0 Å². The molecule has 2 saturated heterocycles. The Labute approximate surface area is 102 Å². The quantitative estimate of drug-likeness (QED) is 0.844. The standard InChI is InChI=1S/C12H20N4O/c1-2-7-16(8-3-1)12-14-11(17-15-12)10-5-4-6-13-9-10/h10,13H,1-9H2. The van der Waals surface area contributed by atoms with Crippen LogP contribution in [0.5, 0.6) is 0 Å². The first-order valence-electron chi connectivity index (χ1n) is 6.73. The van der Waals surface area contributed by atoms with Crippen LogP contribution in [-0.4, -0.2) is 36.3 Å². The van der Waals surface area contributed by atoms with Gasteiger partial charge in [-0.2, -0.15) is 4.98 Å². The molecule has 2 aliphatic heterocycles. The largest absolute Gasteiger partial charge is 0.338 e. The molecular formula is C12H20N4O. The Bertz CT molecular complexity index is 321. The van der Waals surface area contributed by atoms with Gasteiger partial charge < -0.3 is 14.7 Å². The van der Waals surface area contributed by atoms with E-state index in [2.05, 4.69) is 20.4 Å². The molecule has 1 unspecified atom stereocenters. The minimum atomic E-state index is 0.412. The Balaban J connectivity index is 1.68. The fourth-order valence-corrected chi connectivity index (χ4v) is 2.68. The molecule has 0 amide bonds. The Morgan fingerprint density at radius 2 is 2.06 bits per heavy atom. The SMILES string of the molecule is C1CCN(c2noc(C3CCCNC3)n2)CC1. The summed E-state index contributed by atoms with van der Waals surface area (Å²) < 4.78 is 5.41. The highest BCUT2D eigenvalue weighted by Gasteiger charge is 2.23. The maximum absolute atomic E-state index is 5.41. The molecule has 0 radical (unpaired) electrons. The molecule has 5 nitrogen and oxygen atoms in total. The molecule has 1 atom stereocenters. The summed E-state index contributed by atoms with van der Waals surface area (Å²) in [5.74, 6) is 2.03. The number of hydrogen-bond acceptors (Lipinski definition) is 5. The zero-order valence-electron chi connectivity index (χ0n) is 10.2. The molecule has 0 aromatic carbocycles. The molecule has 1 N–H and O–H groups in total. The molecule has 3 heterocycles. The van der Waals surface area contributed by atoms with Crippen LogP contribution in [0, 0.1) is 0 Å². The second kappa shape index (κ2) is 5.04. The van der Waals surface area contributed by atoms with Gasteiger partial charge in [0, 0.05) is 19.6 Å². The van der Waals surface area contributed by atoms with Crippen LogP contribution < -0.4 is 10.2 Å². The third-order valence-corrected chi connectivity index (χ3v) is 3.72. The number of aromatic nitrogens is 2. The van der Waals surface area contributed by atoms with Crippen molar-refractivity contribution in [2.45, 2.75) is 38.0 Å². The normalized spacial score (nSPS) is 26.1. The maximum Gasteiger partial charge on any atom is 0.266 e. The van der Waals surface area contributed by atoms with Gasteiger partial charge in [-0.25, -0.2) is 0 Å². The molecule has 94 valence electrons. The molecular weight excluding hydrogens is 216 g/mol. The fraction of sp³-hybridized carbons (Fsp3) is 0.833. The van der Waals surface area contributed by atoms with E-state index >= 15 is 0 Å². The van der Waals surface area contributed by atoms with Crippen LogP contribution in [-0.2, 0) is 0 Å². The lowest BCUT2D eigenvalue weighted by Crippen LogP contribution is -2.30. The van der Waals surface area contributed by atoms with Gasteiger partial charge in [-0.1, -0.05) is 0 Å². The van der Waals surface area contributed by atoms with E-state index in [4.69, 9.17) is 4.52 Å². The Morgan fingerprint density at radius 3 is 2.82 bits per heavy atom. The summed E-state index contributed by atoms with van der Waals surface area (Å²) in [7, 11) is 0. The molecule has 0 saturated carbocycles. The zero-order valence-corrected chi connectivity index (χ0v) is 10.2. The van der Waals surface area contributed by atoms with E-state index < -0.39 is 0 Å². The Hall–Kier alpha value is -1.10. The van der Waals surface area contributed by atoms with Crippen molar-refractivity contribution in [3.63, 3.8) is 0 Å². The number of anilines is 1.